The Labute approximate surface area is 161 Å². The number of aromatic amines is 2. The van der Waals surface area contributed by atoms with E-state index < -0.39 is 5.97 Å². The number of H-pyrrole nitrogens is 2. The van der Waals surface area contributed by atoms with Crippen molar-refractivity contribution in [2.75, 3.05) is 13.1 Å². The Morgan fingerprint density at radius 3 is 2.43 bits per heavy atom. The number of nitrogens with one attached hydrogen (secondary N) is 2. The maximum absolute atomic E-state index is 12.1. The fourth-order valence-electron chi connectivity index (χ4n) is 3.36. The fourth-order valence-corrected chi connectivity index (χ4v) is 3.36. The third-order valence-electron chi connectivity index (χ3n) is 4.88. The highest BCUT2D eigenvalue weighted by molar-refractivity contribution is 5.98. The predicted octanol–water partition coefficient (Wildman–Crippen LogP) is 3.67. The van der Waals surface area contributed by atoms with Crippen LogP contribution in [0.2, 0.25) is 0 Å². The van der Waals surface area contributed by atoms with Gasteiger partial charge < -0.3 is 15.0 Å². The molecule has 1 fully saturated rings. The van der Waals surface area contributed by atoms with E-state index in [1.807, 2.05) is 35.4 Å². The summed E-state index contributed by atoms with van der Waals surface area (Å²) in [6.45, 7) is 1.81. The standard InChI is InChI=1S/C13H14N2O.C8H6N2O2/c16-13(15-7-1-2-8-15)11-3-4-12-10(9-11)5-6-14-12;11-8(12)5-1-2-7-6(3-5)4-9-10-7/h3-6,9,14H,1-2,7-8H2;1-4H,(H,9,10)(H,11,12). The van der Waals surface area contributed by atoms with Gasteiger partial charge in [0.2, 0.25) is 0 Å². The van der Waals surface area contributed by atoms with Crippen LogP contribution in [0, 0.1) is 0 Å². The molecule has 3 N–H and O–H groups in total. The van der Waals surface area contributed by atoms with Crippen molar-refractivity contribution in [2.45, 2.75) is 12.8 Å². The summed E-state index contributed by atoms with van der Waals surface area (Å²) in [7, 11) is 0. The molecule has 0 radical (unpaired) electrons. The number of rotatable bonds is 2. The fraction of sp³-hybridized carbons (Fsp3) is 0.190. The summed E-state index contributed by atoms with van der Waals surface area (Å²) in [5.74, 6) is -0.751. The molecule has 0 unspecified atom stereocenters. The number of likely N-dealkylation sites (tertiary alicyclic amines) is 1. The molecule has 7 heteroatoms. The number of aromatic nitrogens is 3. The molecule has 28 heavy (non-hydrogen) atoms. The summed E-state index contributed by atoms with van der Waals surface area (Å²) in [5.41, 5.74) is 3.01. The lowest BCUT2D eigenvalue weighted by Crippen LogP contribution is -2.27. The third kappa shape index (κ3) is 3.59. The number of carboxylic acid groups (broad SMARTS) is 1. The zero-order chi connectivity index (χ0) is 19.5. The van der Waals surface area contributed by atoms with Crippen LogP contribution < -0.4 is 0 Å². The Morgan fingerprint density at radius 1 is 0.929 bits per heavy atom. The molecule has 0 saturated carbocycles. The maximum Gasteiger partial charge on any atom is 0.335 e. The first kappa shape index (κ1) is 17.8. The van der Waals surface area contributed by atoms with Crippen LogP contribution >= 0.6 is 0 Å². The molecule has 0 atom stereocenters. The molecule has 1 aliphatic rings. The van der Waals surface area contributed by atoms with Gasteiger partial charge in [-0.1, -0.05) is 0 Å². The van der Waals surface area contributed by atoms with Gasteiger partial charge in [-0.3, -0.25) is 9.89 Å². The van der Waals surface area contributed by atoms with Crippen LogP contribution in [0.4, 0.5) is 0 Å². The minimum Gasteiger partial charge on any atom is -0.478 e. The first-order chi connectivity index (χ1) is 13.6. The first-order valence-corrected chi connectivity index (χ1v) is 9.15. The number of hydrogen-bond acceptors (Lipinski definition) is 3. The lowest BCUT2D eigenvalue weighted by Gasteiger charge is -2.14. The van der Waals surface area contributed by atoms with Crippen LogP contribution in [0.15, 0.2) is 54.9 Å². The van der Waals surface area contributed by atoms with E-state index in [1.54, 1.807) is 24.4 Å². The molecule has 4 aromatic rings. The minimum absolute atomic E-state index is 0.167. The first-order valence-electron chi connectivity index (χ1n) is 9.15. The highest BCUT2D eigenvalue weighted by atomic mass is 16.4. The molecule has 3 heterocycles. The van der Waals surface area contributed by atoms with Gasteiger partial charge in [-0.25, -0.2) is 4.79 Å². The lowest BCUT2D eigenvalue weighted by atomic mass is 10.1. The number of aromatic carboxylic acids is 1. The minimum atomic E-state index is -0.918. The van der Waals surface area contributed by atoms with Crippen molar-refractivity contribution in [1.82, 2.24) is 20.1 Å². The van der Waals surface area contributed by atoms with Crippen molar-refractivity contribution in [1.29, 1.82) is 0 Å². The van der Waals surface area contributed by atoms with Gasteiger partial charge in [0.1, 0.15) is 0 Å². The quantitative estimate of drug-likeness (QED) is 0.497. The normalized spacial score (nSPS) is 13.5. The predicted molar refractivity (Wildman–Crippen MR) is 106 cm³/mol. The number of carboxylic acids is 1. The zero-order valence-corrected chi connectivity index (χ0v) is 15.2. The van der Waals surface area contributed by atoms with E-state index in [1.165, 1.54) is 0 Å². The van der Waals surface area contributed by atoms with Gasteiger partial charge in [-0.15, -0.1) is 0 Å². The van der Waals surface area contributed by atoms with Gasteiger partial charge in [-0.05, 0) is 55.3 Å². The van der Waals surface area contributed by atoms with Gasteiger partial charge in [0.05, 0.1) is 17.3 Å². The van der Waals surface area contributed by atoms with Crippen molar-refractivity contribution in [2.24, 2.45) is 0 Å². The third-order valence-corrected chi connectivity index (χ3v) is 4.88. The highest BCUT2D eigenvalue weighted by Gasteiger charge is 2.19. The Balaban J connectivity index is 0.000000143. The van der Waals surface area contributed by atoms with Crippen LogP contribution in [0.3, 0.4) is 0 Å². The molecular weight excluding hydrogens is 356 g/mol. The summed E-state index contributed by atoms with van der Waals surface area (Å²) in [6.07, 6.45) is 5.77. The lowest BCUT2D eigenvalue weighted by molar-refractivity contribution is 0.0696. The maximum atomic E-state index is 12.1. The monoisotopic (exact) mass is 376 g/mol. The second kappa shape index (κ2) is 7.56. The summed E-state index contributed by atoms with van der Waals surface area (Å²) >= 11 is 0. The van der Waals surface area contributed by atoms with Gasteiger partial charge >= 0.3 is 5.97 Å². The number of benzene rings is 2. The van der Waals surface area contributed by atoms with E-state index in [0.29, 0.717) is 0 Å². The van der Waals surface area contributed by atoms with E-state index in [-0.39, 0.29) is 11.5 Å². The van der Waals surface area contributed by atoms with Gasteiger partial charge in [0, 0.05) is 41.1 Å². The van der Waals surface area contributed by atoms with Crippen LogP contribution in [-0.2, 0) is 0 Å². The Morgan fingerprint density at radius 2 is 1.64 bits per heavy atom. The summed E-state index contributed by atoms with van der Waals surface area (Å²) in [5, 5.41) is 17.1. The van der Waals surface area contributed by atoms with Gasteiger partial charge in [0.25, 0.3) is 5.91 Å². The second-order valence-corrected chi connectivity index (χ2v) is 6.76. The molecule has 142 valence electrons. The van der Waals surface area contributed by atoms with E-state index in [9.17, 15) is 9.59 Å². The molecule has 0 bridgehead atoms. The summed E-state index contributed by atoms with van der Waals surface area (Å²) in [4.78, 5) is 27.7. The average molecular weight is 376 g/mol. The van der Waals surface area contributed by atoms with E-state index >= 15 is 0 Å². The van der Waals surface area contributed by atoms with Crippen LogP contribution in [-0.4, -0.2) is 50.2 Å². The largest absolute Gasteiger partial charge is 0.478 e. The number of carbonyl (C=O) groups is 2. The summed E-state index contributed by atoms with van der Waals surface area (Å²) in [6, 6.07) is 12.7. The number of nitrogens with zero attached hydrogens (tertiary/aromatic N) is 2. The topological polar surface area (TPSA) is 102 Å². The average Bonchev–Trinajstić information content (AvgIpc) is 3.48. The smallest absolute Gasteiger partial charge is 0.335 e. The molecule has 5 rings (SSSR count). The van der Waals surface area contributed by atoms with E-state index in [4.69, 9.17) is 5.11 Å². The Kier molecular flexibility index (Phi) is 4.80. The molecular formula is C21H20N4O3. The van der Waals surface area contributed by atoms with Crippen LogP contribution in [0.5, 0.6) is 0 Å². The van der Waals surface area contributed by atoms with E-state index in [0.717, 1.165) is 53.3 Å². The molecule has 2 aromatic heterocycles. The van der Waals surface area contributed by atoms with Crippen molar-refractivity contribution in [3.05, 3.63) is 66.0 Å². The Bertz CT molecular complexity index is 1140. The Hall–Kier alpha value is -3.61. The van der Waals surface area contributed by atoms with Crippen LogP contribution in [0.1, 0.15) is 33.6 Å². The van der Waals surface area contributed by atoms with Gasteiger partial charge in [0.15, 0.2) is 0 Å². The number of fused-ring (bicyclic) bond motifs is 2. The SMILES string of the molecule is O=C(O)c1ccc2[nH]ncc2c1.O=C(c1ccc2[nH]ccc2c1)N1CCCC1. The zero-order valence-electron chi connectivity index (χ0n) is 15.2. The van der Waals surface area contributed by atoms with Crippen molar-refractivity contribution in [3.63, 3.8) is 0 Å². The van der Waals surface area contributed by atoms with Crippen molar-refractivity contribution >= 4 is 33.7 Å². The number of amides is 1. The molecule has 7 nitrogen and oxygen atoms in total. The van der Waals surface area contributed by atoms with Crippen molar-refractivity contribution < 1.29 is 14.7 Å². The number of hydrogen-bond donors (Lipinski definition) is 3. The number of carbonyl (C=O) groups excluding carboxylic acids is 1. The molecule has 1 saturated heterocycles. The van der Waals surface area contributed by atoms with Gasteiger partial charge in [-0.2, -0.15) is 5.10 Å². The van der Waals surface area contributed by atoms with Crippen LogP contribution in [0.25, 0.3) is 21.8 Å². The van der Waals surface area contributed by atoms with Crippen molar-refractivity contribution in [3.8, 4) is 0 Å². The van der Waals surface area contributed by atoms with E-state index in [2.05, 4.69) is 15.2 Å². The molecule has 1 amide bonds. The highest BCUT2D eigenvalue weighted by Crippen LogP contribution is 2.18. The second-order valence-electron chi connectivity index (χ2n) is 6.76. The molecule has 0 spiro atoms. The molecule has 2 aromatic carbocycles. The molecule has 1 aliphatic heterocycles. The molecule has 0 aliphatic carbocycles. The summed E-state index contributed by atoms with van der Waals surface area (Å²) < 4.78 is 0.